The van der Waals surface area contributed by atoms with Crippen molar-refractivity contribution in [1.82, 2.24) is 4.72 Å². The van der Waals surface area contributed by atoms with Crippen molar-refractivity contribution in [3.63, 3.8) is 0 Å². The van der Waals surface area contributed by atoms with E-state index in [4.69, 9.17) is 13.9 Å². The lowest BCUT2D eigenvalue weighted by Gasteiger charge is -2.11. The third-order valence-corrected chi connectivity index (χ3v) is 5.63. The number of carbonyl (C=O) groups is 2. The van der Waals surface area contributed by atoms with Gasteiger partial charge in [0.05, 0.1) is 35.6 Å². The van der Waals surface area contributed by atoms with E-state index in [0.717, 1.165) is 0 Å². The van der Waals surface area contributed by atoms with Gasteiger partial charge in [0, 0.05) is 0 Å². The molecule has 2 aromatic carbocycles. The summed E-state index contributed by atoms with van der Waals surface area (Å²) in [5.74, 6) is -0.319. The molecule has 3 rings (SSSR count). The van der Waals surface area contributed by atoms with Gasteiger partial charge >= 0.3 is 5.97 Å². The topological polar surface area (TPSA) is 124 Å². The number of ether oxygens (including phenoxy) is 2. The van der Waals surface area contributed by atoms with Crippen LogP contribution in [0.4, 0.5) is 5.69 Å². The molecule has 3 aromatic rings. The first-order chi connectivity index (χ1) is 15.4. The fourth-order valence-electron chi connectivity index (χ4n) is 2.68. The van der Waals surface area contributed by atoms with Crippen molar-refractivity contribution >= 4 is 27.6 Å². The van der Waals surface area contributed by atoms with Crippen LogP contribution in [0.15, 0.2) is 76.2 Å². The van der Waals surface area contributed by atoms with Gasteiger partial charge in [-0.15, -0.1) is 0 Å². The lowest BCUT2D eigenvalue weighted by molar-refractivity contribution is -0.119. The summed E-state index contributed by atoms with van der Waals surface area (Å²) >= 11 is 0. The fraction of sp³-hybridized carbons (Fsp3) is 0.182. The summed E-state index contributed by atoms with van der Waals surface area (Å²) in [5.41, 5.74) is 0.574. The SMILES string of the molecule is CCOc1ccccc1NC(=O)COC(=O)c1ccc(S(=O)(=O)NCc2ccco2)cc1. The van der Waals surface area contributed by atoms with E-state index in [1.165, 1.54) is 30.5 Å². The van der Waals surface area contributed by atoms with Crippen molar-refractivity contribution in [1.29, 1.82) is 0 Å². The second-order valence-electron chi connectivity index (χ2n) is 6.48. The highest BCUT2D eigenvalue weighted by Crippen LogP contribution is 2.23. The summed E-state index contributed by atoms with van der Waals surface area (Å²) in [7, 11) is -3.79. The summed E-state index contributed by atoms with van der Waals surface area (Å²) in [5, 5.41) is 2.62. The molecule has 9 nitrogen and oxygen atoms in total. The van der Waals surface area contributed by atoms with Crippen molar-refractivity contribution in [2.75, 3.05) is 18.5 Å². The van der Waals surface area contributed by atoms with E-state index >= 15 is 0 Å². The van der Waals surface area contributed by atoms with E-state index in [1.54, 1.807) is 36.4 Å². The summed E-state index contributed by atoms with van der Waals surface area (Å²) in [4.78, 5) is 24.3. The summed E-state index contributed by atoms with van der Waals surface area (Å²) in [6.07, 6.45) is 1.45. The van der Waals surface area contributed by atoms with Gasteiger partial charge < -0.3 is 19.2 Å². The molecule has 0 fully saturated rings. The molecule has 0 unspecified atom stereocenters. The largest absolute Gasteiger partial charge is 0.492 e. The summed E-state index contributed by atoms with van der Waals surface area (Å²) in [6, 6.07) is 15.4. The second kappa shape index (κ2) is 10.6. The van der Waals surface area contributed by atoms with Gasteiger partial charge in [-0.1, -0.05) is 12.1 Å². The monoisotopic (exact) mass is 458 g/mol. The Bertz CT molecular complexity index is 1160. The number of benzene rings is 2. The first-order valence-corrected chi connectivity index (χ1v) is 11.2. The Labute approximate surface area is 185 Å². The quantitative estimate of drug-likeness (QED) is 0.448. The number of furan rings is 1. The average Bonchev–Trinajstić information content (AvgIpc) is 3.32. The molecule has 0 saturated carbocycles. The summed E-state index contributed by atoms with van der Waals surface area (Å²) in [6.45, 7) is 1.75. The maximum absolute atomic E-state index is 12.3. The fourth-order valence-corrected chi connectivity index (χ4v) is 3.68. The highest BCUT2D eigenvalue weighted by atomic mass is 32.2. The first kappa shape index (κ1) is 23.0. The van der Waals surface area contributed by atoms with Crippen molar-refractivity contribution in [3.8, 4) is 5.75 Å². The van der Waals surface area contributed by atoms with E-state index in [0.29, 0.717) is 23.8 Å². The van der Waals surface area contributed by atoms with E-state index in [-0.39, 0.29) is 17.0 Å². The van der Waals surface area contributed by atoms with E-state index in [1.807, 2.05) is 6.92 Å². The third kappa shape index (κ3) is 6.19. The first-order valence-electron chi connectivity index (χ1n) is 9.70. The van der Waals surface area contributed by atoms with Gasteiger partial charge in [-0.3, -0.25) is 4.79 Å². The maximum Gasteiger partial charge on any atom is 0.338 e. The van der Waals surface area contributed by atoms with Gasteiger partial charge in [0.1, 0.15) is 11.5 Å². The molecular weight excluding hydrogens is 436 g/mol. The van der Waals surface area contributed by atoms with Crippen LogP contribution in [0.1, 0.15) is 23.0 Å². The molecular formula is C22H22N2O7S. The highest BCUT2D eigenvalue weighted by molar-refractivity contribution is 7.89. The second-order valence-corrected chi connectivity index (χ2v) is 8.25. The standard InChI is InChI=1S/C22H22N2O7S/c1-2-29-20-8-4-3-7-19(20)24-21(25)15-31-22(26)16-9-11-18(12-10-16)32(27,28)23-14-17-6-5-13-30-17/h3-13,23H,2,14-15H2,1H3,(H,24,25). The Morgan fingerprint density at radius 1 is 1.00 bits per heavy atom. The maximum atomic E-state index is 12.3. The van der Waals surface area contributed by atoms with Crippen LogP contribution < -0.4 is 14.8 Å². The predicted octanol–water partition coefficient (Wildman–Crippen LogP) is 2.95. The predicted molar refractivity (Wildman–Crippen MR) is 116 cm³/mol. The van der Waals surface area contributed by atoms with Gasteiger partial charge in [-0.05, 0) is 55.5 Å². The number of esters is 1. The minimum Gasteiger partial charge on any atom is -0.492 e. The Hall–Kier alpha value is -3.63. The van der Waals surface area contributed by atoms with E-state index in [2.05, 4.69) is 10.0 Å². The zero-order valence-corrected chi connectivity index (χ0v) is 18.1. The number of anilines is 1. The minimum atomic E-state index is -3.79. The van der Waals surface area contributed by atoms with E-state index < -0.39 is 28.5 Å². The smallest absolute Gasteiger partial charge is 0.338 e. The Kier molecular flexibility index (Phi) is 7.63. The summed E-state index contributed by atoms with van der Waals surface area (Å²) < 4.78 is 42.6. The molecule has 0 saturated heterocycles. The molecule has 10 heteroatoms. The Morgan fingerprint density at radius 3 is 2.44 bits per heavy atom. The molecule has 2 N–H and O–H groups in total. The number of amides is 1. The number of rotatable bonds is 10. The van der Waals surface area contributed by atoms with Crippen LogP contribution in [-0.2, 0) is 26.1 Å². The zero-order valence-electron chi connectivity index (χ0n) is 17.2. The molecule has 0 aliphatic carbocycles. The van der Waals surface area contributed by atoms with Crippen molar-refractivity contribution in [2.45, 2.75) is 18.4 Å². The van der Waals surface area contributed by atoms with Crippen LogP contribution in [0.25, 0.3) is 0 Å². The van der Waals surface area contributed by atoms with Crippen LogP contribution >= 0.6 is 0 Å². The van der Waals surface area contributed by atoms with Crippen LogP contribution in [0.3, 0.4) is 0 Å². The molecule has 0 radical (unpaired) electrons. The molecule has 1 aromatic heterocycles. The Balaban J connectivity index is 1.54. The lowest BCUT2D eigenvalue weighted by Crippen LogP contribution is -2.23. The highest BCUT2D eigenvalue weighted by Gasteiger charge is 2.17. The van der Waals surface area contributed by atoms with Gasteiger partial charge in [0.25, 0.3) is 5.91 Å². The van der Waals surface area contributed by atoms with Crippen LogP contribution in [-0.4, -0.2) is 33.5 Å². The van der Waals surface area contributed by atoms with Gasteiger partial charge in [-0.25, -0.2) is 17.9 Å². The van der Waals surface area contributed by atoms with Crippen LogP contribution in [0.5, 0.6) is 5.75 Å². The molecule has 0 aliphatic heterocycles. The van der Waals surface area contributed by atoms with Crippen LogP contribution in [0.2, 0.25) is 0 Å². The van der Waals surface area contributed by atoms with Gasteiger partial charge in [-0.2, -0.15) is 0 Å². The zero-order chi connectivity index (χ0) is 23.0. The van der Waals surface area contributed by atoms with Crippen LogP contribution in [0, 0.1) is 0 Å². The molecule has 32 heavy (non-hydrogen) atoms. The molecule has 0 bridgehead atoms. The number of carbonyl (C=O) groups excluding carboxylic acids is 2. The number of sulfonamides is 1. The molecule has 0 spiro atoms. The third-order valence-electron chi connectivity index (χ3n) is 4.21. The van der Waals surface area contributed by atoms with Crippen molar-refractivity contribution in [2.24, 2.45) is 0 Å². The molecule has 1 amide bonds. The number of hydrogen-bond donors (Lipinski definition) is 2. The average molecular weight is 458 g/mol. The van der Waals surface area contributed by atoms with Crippen molar-refractivity contribution in [3.05, 3.63) is 78.3 Å². The number of hydrogen-bond acceptors (Lipinski definition) is 7. The molecule has 168 valence electrons. The molecule has 1 heterocycles. The minimum absolute atomic E-state index is 0.000657. The van der Waals surface area contributed by atoms with E-state index in [9.17, 15) is 18.0 Å². The van der Waals surface area contributed by atoms with Crippen molar-refractivity contribution < 1.29 is 31.9 Å². The molecule has 0 atom stereocenters. The number of para-hydroxylation sites is 2. The Morgan fingerprint density at radius 2 is 1.75 bits per heavy atom. The van der Waals surface area contributed by atoms with Gasteiger partial charge in [0.15, 0.2) is 6.61 Å². The lowest BCUT2D eigenvalue weighted by atomic mass is 10.2. The molecule has 0 aliphatic rings. The normalized spacial score (nSPS) is 11.0. The van der Waals surface area contributed by atoms with Gasteiger partial charge in [0.2, 0.25) is 10.0 Å². The number of nitrogens with one attached hydrogen (secondary N) is 2.